The summed E-state index contributed by atoms with van der Waals surface area (Å²) in [5.41, 5.74) is 1.53. The summed E-state index contributed by atoms with van der Waals surface area (Å²) < 4.78 is 19.4. The predicted molar refractivity (Wildman–Crippen MR) is 79.3 cm³/mol. The van der Waals surface area contributed by atoms with Crippen molar-refractivity contribution in [2.45, 2.75) is 12.7 Å². The quantitative estimate of drug-likeness (QED) is 0.870. The SMILES string of the molecule is CNCC(OCc1ccccc1F)c1cccc(Cl)c1. The minimum absolute atomic E-state index is 0.168. The highest BCUT2D eigenvalue weighted by molar-refractivity contribution is 6.30. The maximum absolute atomic E-state index is 13.6. The van der Waals surface area contributed by atoms with Gasteiger partial charge in [0.25, 0.3) is 0 Å². The summed E-state index contributed by atoms with van der Waals surface area (Å²) in [6.45, 7) is 0.861. The van der Waals surface area contributed by atoms with Crippen molar-refractivity contribution in [1.82, 2.24) is 5.32 Å². The smallest absolute Gasteiger partial charge is 0.128 e. The molecule has 2 aromatic rings. The van der Waals surface area contributed by atoms with Gasteiger partial charge in [0.05, 0.1) is 12.7 Å². The molecule has 0 bridgehead atoms. The van der Waals surface area contributed by atoms with Crippen LogP contribution in [0.4, 0.5) is 4.39 Å². The average Bonchev–Trinajstić information content (AvgIpc) is 2.45. The van der Waals surface area contributed by atoms with Gasteiger partial charge in [-0.2, -0.15) is 0 Å². The molecule has 1 atom stereocenters. The van der Waals surface area contributed by atoms with Gasteiger partial charge in [0.2, 0.25) is 0 Å². The van der Waals surface area contributed by atoms with Crippen LogP contribution in [-0.4, -0.2) is 13.6 Å². The van der Waals surface area contributed by atoms with Crippen molar-refractivity contribution in [1.29, 1.82) is 0 Å². The van der Waals surface area contributed by atoms with Crippen LogP contribution in [0.1, 0.15) is 17.2 Å². The Hall–Kier alpha value is -1.42. The van der Waals surface area contributed by atoms with Crippen LogP contribution in [0.5, 0.6) is 0 Å². The first-order valence-corrected chi connectivity index (χ1v) is 6.83. The van der Waals surface area contributed by atoms with Crippen LogP contribution in [0.25, 0.3) is 0 Å². The summed E-state index contributed by atoms with van der Waals surface area (Å²) in [6, 6.07) is 14.1. The van der Waals surface area contributed by atoms with E-state index in [1.54, 1.807) is 18.2 Å². The average molecular weight is 294 g/mol. The van der Waals surface area contributed by atoms with E-state index in [2.05, 4.69) is 5.32 Å². The highest BCUT2D eigenvalue weighted by atomic mass is 35.5. The van der Waals surface area contributed by atoms with E-state index in [1.165, 1.54) is 6.07 Å². The molecule has 0 aliphatic rings. The number of benzene rings is 2. The zero-order valence-corrected chi connectivity index (χ0v) is 12.0. The van der Waals surface area contributed by atoms with Gasteiger partial charge in [0.1, 0.15) is 5.82 Å². The van der Waals surface area contributed by atoms with Gasteiger partial charge < -0.3 is 10.1 Å². The van der Waals surface area contributed by atoms with Gasteiger partial charge in [-0.25, -0.2) is 4.39 Å². The molecular formula is C16H17ClFNO. The summed E-state index contributed by atoms with van der Waals surface area (Å²) in [7, 11) is 1.85. The molecular weight excluding hydrogens is 277 g/mol. The predicted octanol–water partition coefficient (Wildman–Crippen LogP) is 3.96. The summed E-state index contributed by atoms with van der Waals surface area (Å²) >= 11 is 6.00. The van der Waals surface area contributed by atoms with E-state index < -0.39 is 0 Å². The fourth-order valence-electron chi connectivity index (χ4n) is 1.97. The molecule has 0 spiro atoms. The molecule has 106 valence electrons. The lowest BCUT2D eigenvalue weighted by Crippen LogP contribution is -2.20. The molecule has 0 saturated carbocycles. The first-order chi connectivity index (χ1) is 9.70. The van der Waals surface area contributed by atoms with Crippen molar-refractivity contribution in [3.05, 3.63) is 70.5 Å². The van der Waals surface area contributed by atoms with E-state index in [1.807, 2.05) is 31.3 Å². The summed E-state index contributed by atoms with van der Waals surface area (Å²) in [4.78, 5) is 0. The Morgan fingerprint density at radius 3 is 2.70 bits per heavy atom. The van der Waals surface area contributed by atoms with Crippen LogP contribution in [-0.2, 0) is 11.3 Å². The monoisotopic (exact) mass is 293 g/mol. The van der Waals surface area contributed by atoms with E-state index >= 15 is 0 Å². The Morgan fingerprint density at radius 1 is 1.20 bits per heavy atom. The number of nitrogens with one attached hydrogen (secondary N) is 1. The summed E-state index contributed by atoms with van der Waals surface area (Å²) in [5.74, 6) is -0.248. The molecule has 0 aliphatic heterocycles. The van der Waals surface area contributed by atoms with Crippen LogP contribution in [0.15, 0.2) is 48.5 Å². The van der Waals surface area contributed by atoms with Gasteiger partial charge in [0.15, 0.2) is 0 Å². The summed E-state index contributed by atoms with van der Waals surface area (Å²) in [6.07, 6.45) is -0.168. The lowest BCUT2D eigenvalue weighted by atomic mass is 10.1. The van der Waals surface area contributed by atoms with E-state index in [4.69, 9.17) is 16.3 Å². The molecule has 1 N–H and O–H groups in total. The second-order valence-corrected chi connectivity index (χ2v) is 4.94. The minimum atomic E-state index is -0.248. The second-order valence-electron chi connectivity index (χ2n) is 4.50. The standard InChI is InChI=1S/C16H17ClFNO/c1-19-10-16(12-6-4-7-14(17)9-12)20-11-13-5-2-3-8-15(13)18/h2-9,16,19H,10-11H2,1H3. The zero-order valence-electron chi connectivity index (χ0n) is 11.3. The van der Waals surface area contributed by atoms with Crippen LogP contribution in [0, 0.1) is 5.82 Å². The fourth-order valence-corrected chi connectivity index (χ4v) is 2.17. The highest BCUT2D eigenvalue weighted by Crippen LogP contribution is 2.22. The second kappa shape index (κ2) is 7.39. The largest absolute Gasteiger partial charge is 0.367 e. The van der Waals surface area contributed by atoms with E-state index in [0.717, 1.165) is 5.56 Å². The molecule has 4 heteroatoms. The number of hydrogen-bond donors (Lipinski definition) is 1. The summed E-state index contributed by atoms with van der Waals surface area (Å²) in [5, 5.41) is 3.74. The minimum Gasteiger partial charge on any atom is -0.367 e. The lowest BCUT2D eigenvalue weighted by Gasteiger charge is -2.18. The van der Waals surface area contributed by atoms with Gasteiger partial charge >= 0.3 is 0 Å². The third kappa shape index (κ3) is 4.04. The van der Waals surface area contributed by atoms with Crippen LogP contribution in [0.2, 0.25) is 5.02 Å². The van der Waals surface area contributed by atoms with Crippen LogP contribution >= 0.6 is 11.6 Å². The molecule has 0 amide bonds. The molecule has 0 fully saturated rings. The molecule has 20 heavy (non-hydrogen) atoms. The third-order valence-corrected chi connectivity index (χ3v) is 3.24. The van der Waals surface area contributed by atoms with Gasteiger partial charge in [0, 0.05) is 17.1 Å². The van der Waals surface area contributed by atoms with Crippen molar-refractivity contribution in [3.8, 4) is 0 Å². The van der Waals surface area contributed by atoms with Gasteiger partial charge in [-0.05, 0) is 30.8 Å². The third-order valence-electron chi connectivity index (χ3n) is 3.01. The molecule has 2 nitrogen and oxygen atoms in total. The van der Waals surface area contributed by atoms with Gasteiger partial charge in [-0.1, -0.05) is 41.9 Å². The fraction of sp³-hybridized carbons (Fsp3) is 0.250. The molecule has 0 aromatic heterocycles. The first kappa shape index (κ1) is 15.0. The van der Waals surface area contributed by atoms with Crippen molar-refractivity contribution >= 4 is 11.6 Å². The lowest BCUT2D eigenvalue weighted by molar-refractivity contribution is 0.0395. The Morgan fingerprint density at radius 2 is 2.00 bits per heavy atom. The van der Waals surface area contributed by atoms with Crippen molar-refractivity contribution in [2.75, 3.05) is 13.6 Å². The molecule has 0 saturated heterocycles. The number of rotatable bonds is 6. The van der Waals surface area contributed by atoms with E-state index in [9.17, 15) is 4.39 Å². The first-order valence-electron chi connectivity index (χ1n) is 6.46. The topological polar surface area (TPSA) is 21.3 Å². The van der Waals surface area contributed by atoms with Crippen molar-refractivity contribution in [3.63, 3.8) is 0 Å². The van der Waals surface area contributed by atoms with Crippen LogP contribution in [0.3, 0.4) is 0 Å². The number of ether oxygens (including phenoxy) is 1. The molecule has 1 unspecified atom stereocenters. The molecule has 2 aromatic carbocycles. The Balaban J connectivity index is 2.08. The normalized spacial score (nSPS) is 12.3. The van der Waals surface area contributed by atoms with Crippen molar-refractivity contribution in [2.24, 2.45) is 0 Å². The number of likely N-dealkylation sites (N-methyl/N-ethyl adjacent to an activating group) is 1. The molecule has 0 aliphatic carbocycles. The molecule has 0 heterocycles. The maximum atomic E-state index is 13.6. The Bertz CT molecular complexity index is 562. The van der Waals surface area contributed by atoms with E-state index in [-0.39, 0.29) is 18.5 Å². The molecule has 2 rings (SSSR count). The number of halogens is 2. The molecule has 0 radical (unpaired) electrons. The Kier molecular flexibility index (Phi) is 5.53. The van der Waals surface area contributed by atoms with Crippen LogP contribution < -0.4 is 5.32 Å². The van der Waals surface area contributed by atoms with Crippen molar-refractivity contribution < 1.29 is 9.13 Å². The zero-order chi connectivity index (χ0) is 14.4. The Labute approximate surface area is 123 Å². The van der Waals surface area contributed by atoms with E-state index in [0.29, 0.717) is 17.1 Å². The maximum Gasteiger partial charge on any atom is 0.128 e. The van der Waals surface area contributed by atoms with Gasteiger partial charge in [-0.3, -0.25) is 0 Å². The highest BCUT2D eigenvalue weighted by Gasteiger charge is 2.13. The van der Waals surface area contributed by atoms with Gasteiger partial charge in [-0.15, -0.1) is 0 Å². The number of hydrogen-bond acceptors (Lipinski definition) is 2.